The Bertz CT molecular complexity index is 1410. The molecule has 2 aromatic carbocycles. The second kappa shape index (κ2) is 13.4. The molecule has 1 atom stereocenters. The topological polar surface area (TPSA) is 100 Å². The summed E-state index contributed by atoms with van der Waals surface area (Å²) in [7, 11) is 0. The molecule has 9 heteroatoms. The molecule has 0 aliphatic rings. The van der Waals surface area contributed by atoms with Gasteiger partial charge in [-0.05, 0) is 77.4 Å². The summed E-state index contributed by atoms with van der Waals surface area (Å²) in [4.78, 5) is 43.6. The number of benzene rings is 2. The van der Waals surface area contributed by atoms with Gasteiger partial charge in [0.2, 0.25) is 5.91 Å². The maximum absolute atomic E-state index is 13.2. The molecule has 1 unspecified atom stereocenters. The van der Waals surface area contributed by atoms with Gasteiger partial charge < -0.3 is 16.0 Å². The van der Waals surface area contributed by atoms with Crippen molar-refractivity contribution in [2.45, 2.75) is 23.5 Å². The molecular weight excluding hydrogens is 516 g/mol. The van der Waals surface area contributed by atoms with Crippen molar-refractivity contribution < 1.29 is 14.4 Å². The summed E-state index contributed by atoms with van der Waals surface area (Å²) in [5, 5.41) is 12.0. The lowest BCUT2D eigenvalue weighted by molar-refractivity contribution is -0.116. The average Bonchev–Trinajstić information content (AvgIpc) is 3.46. The first-order valence-corrected chi connectivity index (χ1v) is 13.7. The van der Waals surface area contributed by atoms with Crippen LogP contribution >= 0.6 is 23.1 Å². The Hall–Kier alpha value is -4.21. The minimum atomic E-state index is -0.454. The third-order valence-electron chi connectivity index (χ3n) is 5.36. The van der Waals surface area contributed by atoms with Crippen LogP contribution in [0.5, 0.6) is 0 Å². The maximum Gasteiger partial charge on any atom is 0.272 e. The van der Waals surface area contributed by atoms with Gasteiger partial charge in [0.05, 0.1) is 5.25 Å². The van der Waals surface area contributed by atoms with Crippen molar-refractivity contribution in [3.05, 3.63) is 113 Å². The highest BCUT2D eigenvalue weighted by atomic mass is 32.2. The molecule has 0 radical (unpaired) electrons. The average molecular weight is 543 g/mol. The van der Waals surface area contributed by atoms with E-state index in [0.29, 0.717) is 23.4 Å². The van der Waals surface area contributed by atoms with E-state index in [-0.39, 0.29) is 22.8 Å². The van der Waals surface area contributed by atoms with E-state index in [4.69, 9.17) is 0 Å². The van der Waals surface area contributed by atoms with Crippen LogP contribution in [0.1, 0.15) is 29.3 Å². The van der Waals surface area contributed by atoms with Crippen molar-refractivity contribution in [1.82, 2.24) is 10.3 Å². The van der Waals surface area contributed by atoms with Crippen LogP contribution in [0.3, 0.4) is 0 Å². The molecule has 2 heterocycles. The predicted molar refractivity (Wildman–Crippen MR) is 154 cm³/mol. The van der Waals surface area contributed by atoms with E-state index in [2.05, 4.69) is 20.9 Å². The van der Waals surface area contributed by atoms with Crippen LogP contribution in [-0.4, -0.2) is 28.0 Å². The monoisotopic (exact) mass is 542 g/mol. The molecule has 0 saturated carbocycles. The molecule has 0 bridgehead atoms. The quantitative estimate of drug-likeness (QED) is 0.167. The Kier molecular flexibility index (Phi) is 9.44. The van der Waals surface area contributed by atoms with Crippen molar-refractivity contribution in [1.29, 1.82) is 0 Å². The maximum atomic E-state index is 13.2. The first-order chi connectivity index (χ1) is 18.5. The zero-order valence-electron chi connectivity index (χ0n) is 20.6. The number of amides is 3. The van der Waals surface area contributed by atoms with Crippen LogP contribution in [0.4, 0.5) is 11.4 Å². The van der Waals surface area contributed by atoms with Gasteiger partial charge in [0.25, 0.3) is 11.8 Å². The number of rotatable bonds is 10. The fraction of sp³-hybridized carbons (Fsp3) is 0.103. The minimum absolute atomic E-state index is 0.109. The van der Waals surface area contributed by atoms with Crippen LogP contribution in [-0.2, 0) is 9.59 Å². The largest absolute Gasteiger partial charge is 0.325 e. The Morgan fingerprint density at radius 3 is 2.45 bits per heavy atom. The molecule has 3 N–H and O–H groups in total. The summed E-state index contributed by atoms with van der Waals surface area (Å²) in [6.45, 7) is 1.95. The van der Waals surface area contributed by atoms with Crippen molar-refractivity contribution in [2.75, 3.05) is 10.6 Å². The Morgan fingerprint density at radius 2 is 1.74 bits per heavy atom. The first-order valence-electron chi connectivity index (χ1n) is 11.9. The lowest BCUT2D eigenvalue weighted by Gasteiger charge is -2.16. The molecule has 0 aliphatic carbocycles. The Balaban J connectivity index is 1.46. The number of nitrogens with zero attached hydrogens (tertiary/aromatic N) is 1. The number of thiophene rings is 1. The molecule has 7 nitrogen and oxygen atoms in total. The number of hydrogen-bond donors (Lipinski definition) is 3. The molecule has 192 valence electrons. The third-order valence-corrected chi connectivity index (χ3v) is 7.42. The van der Waals surface area contributed by atoms with Gasteiger partial charge in [0, 0.05) is 34.2 Å². The van der Waals surface area contributed by atoms with Gasteiger partial charge in [-0.3, -0.25) is 19.4 Å². The zero-order valence-corrected chi connectivity index (χ0v) is 22.2. The smallest absolute Gasteiger partial charge is 0.272 e. The van der Waals surface area contributed by atoms with Gasteiger partial charge in [-0.2, -0.15) is 11.3 Å². The zero-order chi connectivity index (χ0) is 26.7. The molecule has 0 aliphatic heterocycles. The highest BCUT2D eigenvalue weighted by molar-refractivity contribution is 8.00. The van der Waals surface area contributed by atoms with E-state index in [9.17, 15) is 14.4 Å². The van der Waals surface area contributed by atoms with Gasteiger partial charge in [-0.15, -0.1) is 11.8 Å². The second-order valence-corrected chi connectivity index (χ2v) is 10.2. The molecule has 4 rings (SSSR count). The summed E-state index contributed by atoms with van der Waals surface area (Å²) in [6.07, 6.45) is 5.51. The van der Waals surface area contributed by atoms with Crippen molar-refractivity contribution in [3.8, 4) is 0 Å². The molecule has 2 aromatic heterocycles. The van der Waals surface area contributed by atoms with E-state index in [0.717, 1.165) is 10.5 Å². The predicted octanol–water partition coefficient (Wildman–Crippen LogP) is 6.06. The van der Waals surface area contributed by atoms with Crippen LogP contribution in [0, 0.1) is 0 Å². The number of carbonyl (C=O) groups is 3. The first kappa shape index (κ1) is 26.8. The van der Waals surface area contributed by atoms with Gasteiger partial charge >= 0.3 is 0 Å². The molecule has 4 aromatic rings. The molecule has 38 heavy (non-hydrogen) atoms. The van der Waals surface area contributed by atoms with Crippen molar-refractivity contribution >= 4 is 58.3 Å². The number of pyridine rings is 1. The van der Waals surface area contributed by atoms with Gasteiger partial charge in [-0.25, -0.2) is 0 Å². The summed E-state index contributed by atoms with van der Waals surface area (Å²) in [5.41, 5.74) is 2.62. The summed E-state index contributed by atoms with van der Waals surface area (Å²) in [5.74, 6) is -0.939. The fourth-order valence-electron chi connectivity index (χ4n) is 3.46. The summed E-state index contributed by atoms with van der Waals surface area (Å²) in [6, 6.07) is 21.4. The second-order valence-electron chi connectivity index (χ2n) is 8.16. The molecule has 3 amide bonds. The lowest BCUT2D eigenvalue weighted by atomic mass is 10.2. The third kappa shape index (κ3) is 7.64. The highest BCUT2D eigenvalue weighted by Crippen LogP contribution is 2.28. The van der Waals surface area contributed by atoms with Crippen LogP contribution in [0.25, 0.3) is 6.08 Å². The van der Waals surface area contributed by atoms with Crippen molar-refractivity contribution in [3.63, 3.8) is 0 Å². The van der Waals surface area contributed by atoms with E-state index in [1.54, 1.807) is 60.9 Å². The number of nitrogens with one attached hydrogen (secondary N) is 3. The van der Waals surface area contributed by atoms with Gasteiger partial charge in [0.15, 0.2) is 0 Å². The van der Waals surface area contributed by atoms with Crippen LogP contribution in [0.2, 0.25) is 0 Å². The SMILES string of the molecule is CCC(Sc1cccc(NC(=O)/C(=C/c2ccsc2)NC(=O)c2ccccc2)c1)C(=O)Nc1ccncc1. The number of aromatic nitrogens is 1. The standard InChI is InChI=1S/C29H26N4O3S2/c1-2-26(29(36)31-22-11-14-30-15-12-22)38-24-10-6-9-23(18-24)32-28(35)25(17-20-13-16-37-19-20)33-27(34)21-7-4-3-5-8-21/h3-19,26H,2H2,1H3,(H,32,35)(H,33,34)(H,30,31,36)/b25-17-. The fourth-order valence-corrected chi connectivity index (χ4v) is 5.09. The highest BCUT2D eigenvalue weighted by Gasteiger charge is 2.19. The van der Waals surface area contributed by atoms with Gasteiger partial charge in [-0.1, -0.05) is 31.2 Å². The molecule has 0 saturated heterocycles. The van der Waals surface area contributed by atoms with E-state index in [1.165, 1.54) is 23.1 Å². The Labute approximate surface area is 229 Å². The van der Waals surface area contributed by atoms with Crippen LogP contribution in [0.15, 0.2) is 107 Å². The summed E-state index contributed by atoms with van der Waals surface area (Å²) < 4.78 is 0. The summed E-state index contributed by atoms with van der Waals surface area (Å²) >= 11 is 2.91. The number of hydrogen-bond acceptors (Lipinski definition) is 6. The minimum Gasteiger partial charge on any atom is -0.325 e. The van der Waals surface area contributed by atoms with E-state index < -0.39 is 5.91 Å². The lowest BCUT2D eigenvalue weighted by Crippen LogP contribution is -2.30. The van der Waals surface area contributed by atoms with E-state index in [1.807, 2.05) is 48.0 Å². The number of carbonyl (C=O) groups excluding carboxylic acids is 3. The normalized spacial score (nSPS) is 11.9. The Morgan fingerprint density at radius 1 is 0.947 bits per heavy atom. The molecule has 0 fully saturated rings. The molecule has 0 spiro atoms. The molecular formula is C29H26N4O3S2. The van der Waals surface area contributed by atoms with Crippen LogP contribution < -0.4 is 16.0 Å². The number of thioether (sulfide) groups is 1. The van der Waals surface area contributed by atoms with Crippen molar-refractivity contribution in [2.24, 2.45) is 0 Å². The van der Waals surface area contributed by atoms with Gasteiger partial charge in [0.1, 0.15) is 5.70 Å². The van der Waals surface area contributed by atoms with E-state index >= 15 is 0 Å². The number of anilines is 2.